The third kappa shape index (κ3) is 3.62. The van der Waals surface area contributed by atoms with E-state index in [-0.39, 0.29) is 4.75 Å². The Hall–Kier alpha value is -0.630. The molecule has 0 radical (unpaired) electrons. The topological polar surface area (TPSA) is 9.23 Å². The summed E-state index contributed by atoms with van der Waals surface area (Å²) in [5.41, 5.74) is 0. The van der Waals surface area contributed by atoms with Gasteiger partial charge in [-0.3, -0.25) is 0 Å². The third-order valence-electron chi connectivity index (χ3n) is 1.57. The maximum Gasteiger partial charge on any atom is 0.132 e. The van der Waals surface area contributed by atoms with Crippen molar-refractivity contribution in [2.24, 2.45) is 0 Å². The number of thioether (sulfide) groups is 1. The van der Waals surface area contributed by atoms with Crippen molar-refractivity contribution in [3.8, 4) is 5.75 Å². The minimum atomic E-state index is 0.229. The molecule has 0 heterocycles. The summed E-state index contributed by atoms with van der Waals surface area (Å²) < 4.78 is 5.79. The highest BCUT2D eigenvalue weighted by atomic mass is 32.2. The van der Waals surface area contributed by atoms with E-state index in [1.54, 1.807) is 0 Å². The summed E-state index contributed by atoms with van der Waals surface area (Å²) in [6.07, 6.45) is 0. The molecule has 0 atom stereocenters. The van der Waals surface area contributed by atoms with Crippen molar-refractivity contribution < 1.29 is 4.74 Å². The van der Waals surface area contributed by atoms with Crippen LogP contribution < -0.4 is 4.74 Å². The standard InChI is InChI=1S/C12H18OS/c1-5-13-10-8-6-7-9-11(10)14-12(2,3)4/h6-9H,5H2,1-4H3. The van der Waals surface area contributed by atoms with Gasteiger partial charge in [0.15, 0.2) is 0 Å². The van der Waals surface area contributed by atoms with E-state index >= 15 is 0 Å². The molecule has 0 saturated heterocycles. The predicted octanol–water partition coefficient (Wildman–Crippen LogP) is 3.98. The Morgan fingerprint density at radius 3 is 2.43 bits per heavy atom. The zero-order chi connectivity index (χ0) is 10.6. The Kier molecular flexibility index (Phi) is 3.87. The van der Waals surface area contributed by atoms with Gasteiger partial charge in [-0.05, 0) is 19.1 Å². The van der Waals surface area contributed by atoms with Gasteiger partial charge in [-0.1, -0.05) is 32.9 Å². The van der Waals surface area contributed by atoms with Crippen LogP contribution in [-0.2, 0) is 0 Å². The van der Waals surface area contributed by atoms with Gasteiger partial charge in [-0.25, -0.2) is 0 Å². The average Bonchev–Trinajstić information content (AvgIpc) is 2.06. The first-order valence-corrected chi connectivity index (χ1v) is 5.75. The van der Waals surface area contributed by atoms with E-state index in [1.807, 2.05) is 30.8 Å². The monoisotopic (exact) mass is 210 g/mol. The Balaban J connectivity index is 2.84. The summed E-state index contributed by atoms with van der Waals surface area (Å²) >= 11 is 1.84. The smallest absolute Gasteiger partial charge is 0.132 e. The van der Waals surface area contributed by atoms with Crippen LogP contribution in [0.3, 0.4) is 0 Å². The van der Waals surface area contributed by atoms with Gasteiger partial charge in [0.25, 0.3) is 0 Å². The number of rotatable bonds is 3. The van der Waals surface area contributed by atoms with Crippen LogP contribution in [0, 0.1) is 0 Å². The van der Waals surface area contributed by atoms with Crippen molar-refractivity contribution in [2.75, 3.05) is 6.61 Å². The quantitative estimate of drug-likeness (QED) is 0.698. The summed E-state index contributed by atoms with van der Waals surface area (Å²) in [7, 11) is 0. The molecule has 1 aromatic rings. The number of benzene rings is 1. The van der Waals surface area contributed by atoms with Crippen molar-refractivity contribution in [1.82, 2.24) is 0 Å². The van der Waals surface area contributed by atoms with E-state index < -0.39 is 0 Å². The molecule has 0 aliphatic rings. The normalized spacial score (nSPS) is 11.4. The van der Waals surface area contributed by atoms with Crippen LogP contribution in [0.15, 0.2) is 29.2 Å². The van der Waals surface area contributed by atoms with E-state index in [0.717, 1.165) is 12.4 Å². The van der Waals surface area contributed by atoms with Gasteiger partial charge in [0.1, 0.15) is 5.75 Å². The summed E-state index contributed by atoms with van der Waals surface area (Å²) in [6, 6.07) is 8.20. The Bertz CT molecular complexity index is 289. The highest BCUT2D eigenvalue weighted by Crippen LogP contribution is 2.37. The lowest BCUT2D eigenvalue weighted by Gasteiger charge is -2.19. The molecule has 0 amide bonds. The molecule has 2 heteroatoms. The van der Waals surface area contributed by atoms with Crippen molar-refractivity contribution >= 4 is 11.8 Å². The first-order valence-electron chi connectivity index (χ1n) is 4.94. The molecule has 1 aromatic carbocycles. The molecule has 0 spiro atoms. The third-order valence-corrected chi connectivity index (χ3v) is 2.73. The predicted molar refractivity (Wildman–Crippen MR) is 63.2 cm³/mol. The number of ether oxygens (including phenoxy) is 1. The Morgan fingerprint density at radius 1 is 1.21 bits per heavy atom. The molecule has 0 aliphatic heterocycles. The first-order chi connectivity index (χ1) is 6.53. The van der Waals surface area contributed by atoms with Gasteiger partial charge >= 0.3 is 0 Å². The van der Waals surface area contributed by atoms with Crippen molar-refractivity contribution in [1.29, 1.82) is 0 Å². The van der Waals surface area contributed by atoms with Gasteiger partial charge < -0.3 is 4.74 Å². The minimum absolute atomic E-state index is 0.229. The molecule has 0 unspecified atom stereocenters. The van der Waals surface area contributed by atoms with E-state index in [1.165, 1.54) is 4.90 Å². The van der Waals surface area contributed by atoms with Gasteiger partial charge in [-0.15, -0.1) is 11.8 Å². The summed E-state index contributed by atoms with van der Waals surface area (Å²) in [6.45, 7) is 9.36. The zero-order valence-electron chi connectivity index (χ0n) is 9.33. The molecule has 0 saturated carbocycles. The molecule has 0 aliphatic carbocycles. The molecule has 0 aromatic heterocycles. The SMILES string of the molecule is CCOc1ccccc1SC(C)(C)C. The summed E-state index contributed by atoms with van der Waals surface area (Å²) in [5, 5.41) is 0. The second-order valence-corrected chi connectivity index (χ2v) is 5.96. The second kappa shape index (κ2) is 4.74. The maximum atomic E-state index is 5.56. The second-order valence-electron chi connectivity index (χ2n) is 4.09. The molecule has 1 rings (SSSR count). The fourth-order valence-electron chi connectivity index (χ4n) is 1.14. The maximum absolute atomic E-state index is 5.56. The Morgan fingerprint density at radius 2 is 1.86 bits per heavy atom. The summed E-state index contributed by atoms with van der Waals surface area (Å²) in [4.78, 5) is 1.22. The molecule has 1 nitrogen and oxygen atoms in total. The lowest BCUT2D eigenvalue weighted by molar-refractivity contribution is 0.332. The molecular weight excluding hydrogens is 192 g/mol. The van der Waals surface area contributed by atoms with Crippen LogP contribution in [0.2, 0.25) is 0 Å². The first kappa shape index (κ1) is 11.4. The van der Waals surface area contributed by atoms with Crippen molar-refractivity contribution in [2.45, 2.75) is 37.3 Å². The minimum Gasteiger partial charge on any atom is -0.493 e. The molecular formula is C12H18OS. The highest BCUT2D eigenvalue weighted by Gasteiger charge is 2.14. The number of para-hydroxylation sites is 1. The molecule has 0 N–H and O–H groups in total. The van der Waals surface area contributed by atoms with E-state index in [4.69, 9.17) is 4.74 Å². The lowest BCUT2D eigenvalue weighted by Crippen LogP contribution is -2.07. The van der Waals surface area contributed by atoms with Gasteiger partial charge in [0.05, 0.1) is 6.61 Å². The van der Waals surface area contributed by atoms with Gasteiger partial charge in [0, 0.05) is 9.64 Å². The molecule has 0 fully saturated rings. The fraction of sp³-hybridized carbons (Fsp3) is 0.500. The molecule has 0 bridgehead atoms. The largest absolute Gasteiger partial charge is 0.493 e. The average molecular weight is 210 g/mol. The van der Waals surface area contributed by atoms with Crippen LogP contribution in [0.25, 0.3) is 0 Å². The lowest BCUT2D eigenvalue weighted by atomic mass is 10.3. The van der Waals surface area contributed by atoms with Crippen molar-refractivity contribution in [3.05, 3.63) is 24.3 Å². The highest BCUT2D eigenvalue weighted by molar-refractivity contribution is 8.00. The summed E-state index contributed by atoms with van der Waals surface area (Å²) in [5.74, 6) is 0.995. The Labute approximate surface area is 90.9 Å². The van der Waals surface area contributed by atoms with Crippen molar-refractivity contribution in [3.63, 3.8) is 0 Å². The molecule has 78 valence electrons. The van der Waals surface area contributed by atoms with Crippen LogP contribution in [0.5, 0.6) is 5.75 Å². The zero-order valence-corrected chi connectivity index (χ0v) is 10.1. The van der Waals surface area contributed by atoms with Crippen LogP contribution in [0.4, 0.5) is 0 Å². The number of hydrogen-bond acceptors (Lipinski definition) is 2. The van der Waals surface area contributed by atoms with Gasteiger partial charge in [0.2, 0.25) is 0 Å². The van der Waals surface area contributed by atoms with Crippen LogP contribution in [-0.4, -0.2) is 11.4 Å². The van der Waals surface area contributed by atoms with Crippen LogP contribution in [0.1, 0.15) is 27.7 Å². The van der Waals surface area contributed by atoms with Gasteiger partial charge in [-0.2, -0.15) is 0 Å². The van der Waals surface area contributed by atoms with E-state index in [9.17, 15) is 0 Å². The molecule has 14 heavy (non-hydrogen) atoms. The fourth-order valence-corrected chi connectivity index (χ4v) is 2.17. The van der Waals surface area contributed by atoms with E-state index in [0.29, 0.717) is 0 Å². The van der Waals surface area contributed by atoms with E-state index in [2.05, 4.69) is 32.9 Å². The number of hydrogen-bond donors (Lipinski definition) is 0. The van der Waals surface area contributed by atoms with Crippen LogP contribution >= 0.6 is 11.8 Å².